The second kappa shape index (κ2) is 5.50. The number of carbonyl (C=O) groups is 1. The summed E-state index contributed by atoms with van der Waals surface area (Å²) in [6, 6.07) is 4.13. The van der Waals surface area contributed by atoms with E-state index in [0.29, 0.717) is 23.0 Å². The standard InChI is InChI=1S/C13H14ClN3O3/c1-3-17-10(12(14)8(2)15-17)7-16-9(13(19)20)5-4-6-11(16)18/h4-6H,3,7H2,1-2H3,(H,19,20). The Morgan fingerprint density at radius 1 is 1.45 bits per heavy atom. The van der Waals surface area contributed by atoms with Gasteiger partial charge in [-0.2, -0.15) is 5.10 Å². The molecule has 0 saturated carbocycles. The maximum Gasteiger partial charge on any atom is 0.352 e. The summed E-state index contributed by atoms with van der Waals surface area (Å²) < 4.78 is 2.85. The molecule has 0 amide bonds. The van der Waals surface area contributed by atoms with E-state index in [9.17, 15) is 9.59 Å². The molecule has 0 fully saturated rings. The molecule has 2 aromatic heterocycles. The van der Waals surface area contributed by atoms with Crippen molar-refractivity contribution in [2.24, 2.45) is 0 Å². The van der Waals surface area contributed by atoms with Crippen LogP contribution in [0, 0.1) is 6.92 Å². The highest BCUT2D eigenvalue weighted by Crippen LogP contribution is 2.21. The van der Waals surface area contributed by atoms with Gasteiger partial charge >= 0.3 is 5.97 Å². The molecule has 1 N–H and O–H groups in total. The maximum absolute atomic E-state index is 11.9. The lowest BCUT2D eigenvalue weighted by Gasteiger charge is -2.11. The molecule has 2 heterocycles. The van der Waals surface area contributed by atoms with Crippen molar-refractivity contribution in [3.05, 3.63) is 50.7 Å². The Kier molecular flexibility index (Phi) is 3.94. The van der Waals surface area contributed by atoms with Crippen molar-refractivity contribution >= 4 is 17.6 Å². The van der Waals surface area contributed by atoms with E-state index in [0.717, 1.165) is 0 Å². The van der Waals surface area contributed by atoms with Crippen molar-refractivity contribution in [3.63, 3.8) is 0 Å². The molecule has 6 nitrogen and oxygen atoms in total. The number of hydrogen-bond acceptors (Lipinski definition) is 3. The predicted molar refractivity (Wildman–Crippen MR) is 74.4 cm³/mol. The zero-order valence-electron chi connectivity index (χ0n) is 11.1. The van der Waals surface area contributed by atoms with E-state index in [-0.39, 0.29) is 17.8 Å². The summed E-state index contributed by atoms with van der Waals surface area (Å²) in [6.07, 6.45) is 0. The van der Waals surface area contributed by atoms with Gasteiger partial charge in [0.2, 0.25) is 0 Å². The first kappa shape index (κ1) is 14.3. The van der Waals surface area contributed by atoms with Crippen molar-refractivity contribution in [1.82, 2.24) is 14.3 Å². The molecule has 0 unspecified atom stereocenters. The number of pyridine rings is 1. The summed E-state index contributed by atoms with van der Waals surface area (Å²) in [5.41, 5.74) is 0.824. The number of halogens is 1. The fourth-order valence-corrected chi connectivity index (χ4v) is 2.23. The fourth-order valence-electron chi connectivity index (χ4n) is 2.04. The predicted octanol–water partition coefficient (Wildman–Crippen LogP) is 1.77. The van der Waals surface area contributed by atoms with Crippen LogP contribution in [0.25, 0.3) is 0 Å². The average molecular weight is 296 g/mol. The second-order valence-electron chi connectivity index (χ2n) is 4.30. The number of aromatic carboxylic acids is 1. The molecule has 20 heavy (non-hydrogen) atoms. The highest BCUT2D eigenvalue weighted by Gasteiger charge is 2.17. The molecule has 2 rings (SSSR count). The van der Waals surface area contributed by atoms with Crippen molar-refractivity contribution in [2.75, 3.05) is 0 Å². The van der Waals surface area contributed by atoms with E-state index in [1.54, 1.807) is 11.6 Å². The summed E-state index contributed by atoms with van der Waals surface area (Å²) in [4.78, 5) is 23.1. The molecule has 7 heteroatoms. The summed E-state index contributed by atoms with van der Waals surface area (Å²) in [6.45, 7) is 4.34. The Morgan fingerprint density at radius 2 is 2.15 bits per heavy atom. The number of nitrogens with zero attached hydrogens (tertiary/aromatic N) is 3. The lowest BCUT2D eigenvalue weighted by molar-refractivity contribution is 0.0684. The minimum Gasteiger partial charge on any atom is -0.477 e. The SMILES string of the molecule is CCn1nc(C)c(Cl)c1Cn1c(C(=O)O)cccc1=O. The van der Waals surface area contributed by atoms with Gasteiger partial charge in [-0.1, -0.05) is 17.7 Å². The van der Waals surface area contributed by atoms with Gasteiger partial charge in [0.15, 0.2) is 0 Å². The largest absolute Gasteiger partial charge is 0.477 e. The molecule has 0 saturated heterocycles. The second-order valence-corrected chi connectivity index (χ2v) is 4.68. The smallest absolute Gasteiger partial charge is 0.352 e. The van der Waals surface area contributed by atoms with Gasteiger partial charge in [-0.3, -0.25) is 14.0 Å². The fraction of sp³-hybridized carbons (Fsp3) is 0.308. The zero-order valence-corrected chi connectivity index (χ0v) is 11.9. The highest BCUT2D eigenvalue weighted by molar-refractivity contribution is 6.31. The molecule has 0 bridgehead atoms. The molecular formula is C13H14ClN3O3. The molecule has 106 valence electrons. The monoisotopic (exact) mass is 295 g/mol. The van der Waals surface area contributed by atoms with Gasteiger partial charge in [-0.25, -0.2) is 4.79 Å². The Labute approximate surface area is 120 Å². The van der Waals surface area contributed by atoms with Crippen molar-refractivity contribution in [2.45, 2.75) is 26.9 Å². The number of carboxylic acids is 1. The number of rotatable bonds is 4. The van der Waals surface area contributed by atoms with Crippen LogP contribution in [-0.4, -0.2) is 25.4 Å². The van der Waals surface area contributed by atoms with Crippen molar-refractivity contribution < 1.29 is 9.90 Å². The van der Waals surface area contributed by atoms with Crippen LogP contribution in [0.5, 0.6) is 0 Å². The lowest BCUT2D eigenvalue weighted by atomic mass is 10.3. The van der Waals surface area contributed by atoms with Gasteiger partial charge in [-0.05, 0) is 19.9 Å². The minimum atomic E-state index is -1.15. The lowest BCUT2D eigenvalue weighted by Crippen LogP contribution is -2.26. The van der Waals surface area contributed by atoms with E-state index in [4.69, 9.17) is 16.7 Å². The van der Waals surface area contributed by atoms with Gasteiger partial charge in [-0.15, -0.1) is 0 Å². The quantitative estimate of drug-likeness (QED) is 0.932. The van der Waals surface area contributed by atoms with Crippen molar-refractivity contribution in [3.8, 4) is 0 Å². The van der Waals surface area contributed by atoms with Crippen LogP contribution in [0.2, 0.25) is 5.02 Å². The van der Waals surface area contributed by atoms with E-state index in [2.05, 4.69) is 5.10 Å². The third-order valence-electron chi connectivity index (χ3n) is 3.03. The zero-order chi connectivity index (χ0) is 14.9. The van der Waals surface area contributed by atoms with Gasteiger partial charge < -0.3 is 5.11 Å². The van der Waals surface area contributed by atoms with E-state index < -0.39 is 5.97 Å². The first-order valence-corrected chi connectivity index (χ1v) is 6.48. The average Bonchev–Trinajstić information content (AvgIpc) is 2.68. The van der Waals surface area contributed by atoms with E-state index in [1.165, 1.54) is 22.8 Å². The van der Waals surface area contributed by atoms with Gasteiger partial charge in [0.25, 0.3) is 5.56 Å². The van der Waals surface area contributed by atoms with Crippen LogP contribution in [-0.2, 0) is 13.1 Å². The minimum absolute atomic E-state index is 0.0740. The Morgan fingerprint density at radius 3 is 2.75 bits per heavy atom. The van der Waals surface area contributed by atoms with Crippen LogP contribution in [0.3, 0.4) is 0 Å². The van der Waals surface area contributed by atoms with Gasteiger partial charge in [0.1, 0.15) is 5.69 Å². The first-order chi connectivity index (χ1) is 9.45. The van der Waals surface area contributed by atoms with Crippen LogP contribution in [0.1, 0.15) is 28.8 Å². The summed E-state index contributed by atoms with van der Waals surface area (Å²) in [7, 11) is 0. The molecule has 0 aliphatic carbocycles. The van der Waals surface area contributed by atoms with Crippen LogP contribution < -0.4 is 5.56 Å². The topological polar surface area (TPSA) is 77.1 Å². The summed E-state index contributed by atoms with van der Waals surface area (Å²) >= 11 is 6.18. The van der Waals surface area contributed by atoms with Gasteiger partial charge in [0.05, 0.1) is 23.0 Å². The molecule has 0 spiro atoms. The van der Waals surface area contributed by atoms with E-state index >= 15 is 0 Å². The summed E-state index contributed by atoms with van der Waals surface area (Å²) in [5, 5.41) is 13.9. The third-order valence-corrected chi connectivity index (χ3v) is 3.52. The van der Waals surface area contributed by atoms with Crippen LogP contribution in [0.15, 0.2) is 23.0 Å². The third kappa shape index (κ3) is 2.46. The Hall–Kier alpha value is -2.08. The number of aromatic nitrogens is 3. The molecule has 0 radical (unpaired) electrons. The normalized spacial score (nSPS) is 10.8. The van der Waals surface area contributed by atoms with Gasteiger partial charge in [0, 0.05) is 12.6 Å². The molecule has 0 aromatic carbocycles. The van der Waals surface area contributed by atoms with E-state index in [1.807, 2.05) is 6.92 Å². The van der Waals surface area contributed by atoms with Crippen molar-refractivity contribution in [1.29, 1.82) is 0 Å². The molecule has 0 atom stereocenters. The first-order valence-electron chi connectivity index (χ1n) is 6.10. The molecule has 2 aromatic rings. The molecule has 0 aliphatic rings. The highest BCUT2D eigenvalue weighted by atomic mass is 35.5. The van der Waals surface area contributed by atoms with Crippen LogP contribution >= 0.6 is 11.6 Å². The summed E-state index contributed by atoms with van der Waals surface area (Å²) in [5.74, 6) is -1.15. The molecule has 0 aliphatic heterocycles. The number of carboxylic acid groups (broad SMARTS) is 1. The Balaban J connectivity index is 2.56. The van der Waals surface area contributed by atoms with Crippen LogP contribution in [0.4, 0.5) is 0 Å². The molecular weight excluding hydrogens is 282 g/mol. The Bertz CT molecular complexity index is 718. The maximum atomic E-state index is 11.9. The number of aryl methyl sites for hydroxylation is 2. The number of hydrogen-bond donors (Lipinski definition) is 1.